The van der Waals surface area contributed by atoms with Gasteiger partial charge in [-0.25, -0.2) is 0 Å². The van der Waals surface area contributed by atoms with Gasteiger partial charge in [0.15, 0.2) is 0 Å². The standard InChI is InChI=1S/C29H37N4O5P.2ClH/c1-3-35-39(34,36-4-2)29(38-27-12-7-21-5-6-23(28(31)32)19-24(21)20-27)22-8-10-25(11-9-22)37-26-13-16-33(17-14-26)18-15-30;;/h5-12,15,19-20,26,29-30H,3-4,13-14,16-18H2,1-2H3,(H3,31,32);2*1H. The predicted octanol–water partition coefficient (Wildman–Crippen LogP) is 6.80. The lowest BCUT2D eigenvalue weighted by atomic mass is 10.1. The van der Waals surface area contributed by atoms with Crippen molar-refractivity contribution >= 4 is 55.2 Å². The summed E-state index contributed by atoms with van der Waals surface area (Å²) in [6, 6.07) is 18.5. The molecule has 9 nitrogen and oxygen atoms in total. The van der Waals surface area contributed by atoms with Crippen LogP contribution in [0.25, 0.3) is 10.8 Å². The zero-order valence-electron chi connectivity index (χ0n) is 23.3. The Labute approximate surface area is 254 Å². The van der Waals surface area contributed by atoms with Gasteiger partial charge in [-0.05, 0) is 67.8 Å². The first kappa shape index (κ1) is 34.6. The van der Waals surface area contributed by atoms with Gasteiger partial charge in [0.2, 0.25) is 5.85 Å². The number of benzene rings is 3. The van der Waals surface area contributed by atoms with Crippen molar-refractivity contribution in [1.29, 1.82) is 10.8 Å². The molecule has 3 aromatic carbocycles. The van der Waals surface area contributed by atoms with Crippen LogP contribution >= 0.6 is 32.4 Å². The molecule has 0 bridgehead atoms. The SMILES string of the molecule is CCOP(=O)(OCC)C(Oc1ccc2ccc(C(=N)N)cc2c1)c1ccc(OC2CCN(CC=N)CC2)cc1.Cl.Cl. The molecule has 4 rings (SSSR count). The van der Waals surface area contributed by atoms with E-state index in [4.69, 9.17) is 35.1 Å². The molecule has 0 aliphatic carbocycles. The van der Waals surface area contributed by atoms with Crippen LogP contribution in [-0.4, -0.2) is 55.9 Å². The highest BCUT2D eigenvalue weighted by Crippen LogP contribution is 2.61. The number of halogens is 2. The van der Waals surface area contributed by atoms with E-state index in [1.54, 1.807) is 19.9 Å². The van der Waals surface area contributed by atoms with Crippen molar-refractivity contribution in [2.45, 2.75) is 38.6 Å². The Balaban J connectivity index is 0.00000294. The molecule has 4 N–H and O–H groups in total. The molecule has 1 unspecified atom stereocenters. The summed E-state index contributed by atoms with van der Waals surface area (Å²) in [6.45, 7) is 6.43. The second kappa shape index (κ2) is 16.1. The maximum Gasteiger partial charge on any atom is 0.375 e. The summed E-state index contributed by atoms with van der Waals surface area (Å²) < 4.78 is 37.9. The monoisotopic (exact) mass is 624 g/mol. The highest BCUT2D eigenvalue weighted by atomic mass is 35.5. The van der Waals surface area contributed by atoms with Crippen molar-refractivity contribution in [2.75, 3.05) is 32.8 Å². The minimum Gasteiger partial charge on any atom is -0.490 e. The number of rotatable bonds is 13. The van der Waals surface area contributed by atoms with Crippen LogP contribution in [0, 0.1) is 10.8 Å². The molecular weight excluding hydrogens is 586 g/mol. The van der Waals surface area contributed by atoms with Crippen molar-refractivity contribution in [3.8, 4) is 11.5 Å². The molecule has 0 amide bonds. The summed E-state index contributed by atoms with van der Waals surface area (Å²) in [6.07, 6.45) is 3.35. The average molecular weight is 626 g/mol. The summed E-state index contributed by atoms with van der Waals surface area (Å²) in [5.74, 6) is 0.208. The maximum atomic E-state index is 13.9. The summed E-state index contributed by atoms with van der Waals surface area (Å²) in [5.41, 5.74) is 6.93. The van der Waals surface area contributed by atoms with E-state index in [2.05, 4.69) is 4.90 Å². The fraction of sp³-hybridized carbons (Fsp3) is 0.379. The largest absolute Gasteiger partial charge is 0.490 e. The predicted molar refractivity (Wildman–Crippen MR) is 169 cm³/mol. The van der Waals surface area contributed by atoms with Crippen molar-refractivity contribution in [2.24, 2.45) is 5.73 Å². The lowest BCUT2D eigenvalue weighted by Gasteiger charge is -2.31. The molecular formula is C29H39Cl2N4O5P. The third-order valence-corrected chi connectivity index (χ3v) is 8.84. The molecule has 41 heavy (non-hydrogen) atoms. The van der Waals surface area contributed by atoms with Crippen LogP contribution in [0.1, 0.15) is 43.7 Å². The van der Waals surface area contributed by atoms with Gasteiger partial charge < -0.3 is 29.7 Å². The minimum absolute atomic E-state index is 0. The average Bonchev–Trinajstić information content (AvgIpc) is 2.93. The Morgan fingerprint density at radius 3 is 2.17 bits per heavy atom. The van der Waals surface area contributed by atoms with Gasteiger partial charge in [-0.1, -0.05) is 30.3 Å². The molecule has 12 heteroatoms. The molecule has 1 saturated heterocycles. The Hall–Kier alpha value is -2.65. The second-order valence-electron chi connectivity index (χ2n) is 9.37. The van der Waals surface area contributed by atoms with E-state index in [1.807, 2.05) is 54.6 Å². The van der Waals surface area contributed by atoms with E-state index in [0.29, 0.717) is 23.4 Å². The fourth-order valence-corrected chi connectivity index (χ4v) is 6.54. The highest BCUT2D eigenvalue weighted by Gasteiger charge is 2.39. The van der Waals surface area contributed by atoms with Gasteiger partial charge in [0, 0.05) is 37.0 Å². The van der Waals surface area contributed by atoms with E-state index in [9.17, 15) is 4.57 Å². The van der Waals surface area contributed by atoms with Gasteiger partial charge in [0.25, 0.3) is 0 Å². The third kappa shape index (κ3) is 8.92. The summed E-state index contributed by atoms with van der Waals surface area (Å²) in [4.78, 5) is 2.24. The topological polar surface area (TPSA) is 131 Å². The molecule has 1 fully saturated rings. The second-order valence-corrected chi connectivity index (χ2v) is 11.4. The Kier molecular flexibility index (Phi) is 13.6. The number of hydrogen-bond donors (Lipinski definition) is 3. The third-order valence-electron chi connectivity index (χ3n) is 6.63. The van der Waals surface area contributed by atoms with E-state index < -0.39 is 13.4 Å². The molecule has 0 aromatic heterocycles. The van der Waals surface area contributed by atoms with Crippen LogP contribution in [0.5, 0.6) is 11.5 Å². The van der Waals surface area contributed by atoms with Gasteiger partial charge in [-0.3, -0.25) is 14.9 Å². The number of nitrogens with one attached hydrogen (secondary N) is 2. The first-order valence-corrected chi connectivity index (χ1v) is 14.9. The molecule has 1 aliphatic heterocycles. The van der Waals surface area contributed by atoms with Crippen molar-refractivity contribution in [1.82, 2.24) is 4.90 Å². The van der Waals surface area contributed by atoms with Gasteiger partial charge >= 0.3 is 7.60 Å². The number of fused-ring (bicyclic) bond motifs is 1. The van der Waals surface area contributed by atoms with Crippen LogP contribution in [0.4, 0.5) is 0 Å². The van der Waals surface area contributed by atoms with E-state index in [0.717, 1.165) is 42.5 Å². The number of nitrogens with two attached hydrogens (primary N) is 1. The maximum absolute atomic E-state index is 13.9. The lowest BCUT2D eigenvalue weighted by molar-refractivity contribution is 0.109. The minimum atomic E-state index is -3.71. The summed E-state index contributed by atoms with van der Waals surface area (Å²) in [5, 5.41) is 16.8. The van der Waals surface area contributed by atoms with Gasteiger partial charge in [-0.2, -0.15) is 0 Å². The number of likely N-dealkylation sites (tertiary alicyclic amines) is 1. The van der Waals surface area contributed by atoms with Crippen molar-refractivity contribution < 1.29 is 23.1 Å². The molecule has 1 heterocycles. The Bertz CT molecular complexity index is 1330. The van der Waals surface area contributed by atoms with Crippen LogP contribution < -0.4 is 15.2 Å². The zero-order valence-corrected chi connectivity index (χ0v) is 25.8. The highest BCUT2D eigenvalue weighted by molar-refractivity contribution is 7.54. The molecule has 1 atom stereocenters. The quantitative estimate of drug-likeness (QED) is 0.108. The van der Waals surface area contributed by atoms with Crippen molar-refractivity contribution in [3.05, 3.63) is 71.8 Å². The van der Waals surface area contributed by atoms with Crippen LogP contribution in [0.2, 0.25) is 0 Å². The van der Waals surface area contributed by atoms with E-state index in [-0.39, 0.29) is 50.0 Å². The smallest absolute Gasteiger partial charge is 0.375 e. The van der Waals surface area contributed by atoms with Gasteiger partial charge in [-0.15, -0.1) is 24.8 Å². The molecule has 0 saturated carbocycles. The summed E-state index contributed by atoms with van der Waals surface area (Å²) >= 11 is 0. The van der Waals surface area contributed by atoms with Crippen LogP contribution in [-0.2, 0) is 13.6 Å². The molecule has 224 valence electrons. The van der Waals surface area contributed by atoms with Crippen molar-refractivity contribution in [3.63, 3.8) is 0 Å². The molecule has 3 aromatic rings. The normalized spacial score (nSPS) is 14.9. The first-order valence-electron chi connectivity index (χ1n) is 13.3. The van der Waals surface area contributed by atoms with Gasteiger partial charge in [0.1, 0.15) is 23.4 Å². The lowest BCUT2D eigenvalue weighted by Crippen LogP contribution is -2.39. The molecule has 0 spiro atoms. The molecule has 0 radical (unpaired) electrons. The fourth-order valence-electron chi connectivity index (χ4n) is 4.68. The van der Waals surface area contributed by atoms with E-state index >= 15 is 0 Å². The zero-order chi connectivity index (χ0) is 27.8. The number of amidine groups is 1. The number of nitrogens with zero attached hydrogens (tertiary/aromatic N) is 1. The first-order chi connectivity index (χ1) is 18.8. The Morgan fingerprint density at radius 2 is 1.59 bits per heavy atom. The molecule has 1 aliphatic rings. The number of piperidine rings is 1. The van der Waals surface area contributed by atoms with E-state index in [1.165, 1.54) is 6.21 Å². The summed E-state index contributed by atoms with van der Waals surface area (Å²) in [7, 11) is -3.71. The van der Waals surface area contributed by atoms with Gasteiger partial charge in [0.05, 0.1) is 13.2 Å². The number of hydrogen-bond acceptors (Lipinski definition) is 8. The number of nitrogen functional groups attached to an aromatic ring is 1. The Morgan fingerprint density at radius 1 is 0.976 bits per heavy atom. The number of ether oxygens (including phenoxy) is 2. The van der Waals surface area contributed by atoms with Crippen LogP contribution in [0.3, 0.4) is 0 Å². The van der Waals surface area contributed by atoms with Crippen LogP contribution in [0.15, 0.2) is 60.7 Å².